The van der Waals surface area contributed by atoms with Crippen LogP contribution in [-0.4, -0.2) is 30.0 Å². The number of carbonyl (C=O) groups excluding carboxylic acids is 1. The predicted molar refractivity (Wildman–Crippen MR) is 111 cm³/mol. The molecule has 0 unspecified atom stereocenters. The van der Waals surface area contributed by atoms with Gasteiger partial charge in [-0.2, -0.15) is 5.26 Å². The fourth-order valence-corrected chi connectivity index (χ4v) is 4.05. The van der Waals surface area contributed by atoms with Crippen molar-refractivity contribution in [3.8, 4) is 11.8 Å². The first-order valence-electron chi connectivity index (χ1n) is 9.65. The molecule has 1 saturated heterocycles. The van der Waals surface area contributed by atoms with Gasteiger partial charge in [0.2, 0.25) is 0 Å². The van der Waals surface area contributed by atoms with E-state index in [2.05, 4.69) is 6.92 Å². The normalized spacial score (nSPS) is 18.9. The number of hydrogen-bond acceptors (Lipinski definition) is 3. The van der Waals surface area contributed by atoms with Crippen molar-refractivity contribution in [1.82, 2.24) is 4.90 Å². The summed E-state index contributed by atoms with van der Waals surface area (Å²) in [6.07, 6.45) is 12.5. The molecule has 0 bridgehead atoms. The molecular weight excluding hydrogens is 372 g/mol. The number of hydrogen-bond donors (Lipinski definition) is 0. The van der Waals surface area contributed by atoms with Crippen LogP contribution < -0.4 is 4.74 Å². The first-order valence-corrected chi connectivity index (χ1v) is 10.0. The fraction of sp³-hybridized carbons (Fsp3) is 0.391. The first-order chi connectivity index (χ1) is 13.5. The minimum Gasteiger partial charge on any atom is -0.490 e. The molecule has 0 radical (unpaired) electrons. The lowest BCUT2D eigenvalue weighted by atomic mass is 9.61. The van der Waals surface area contributed by atoms with E-state index in [0.29, 0.717) is 16.3 Å². The second-order valence-corrected chi connectivity index (χ2v) is 7.93. The molecule has 0 atom stereocenters. The first kappa shape index (κ1) is 20.2. The van der Waals surface area contributed by atoms with Gasteiger partial charge >= 0.3 is 0 Å². The number of nitriles is 1. The number of carbonyl (C=O) groups is 1. The van der Waals surface area contributed by atoms with Crippen LogP contribution >= 0.6 is 11.6 Å². The van der Waals surface area contributed by atoms with Gasteiger partial charge in [-0.15, -0.1) is 0 Å². The predicted octanol–water partition coefficient (Wildman–Crippen LogP) is 5.05. The number of amides is 1. The lowest BCUT2D eigenvalue weighted by Crippen LogP contribution is -2.66. The highest BCUT2D eigenvalue weighted by Gasteiger charge is 2.54. The van der Waals surface area contributed by atoms with E-state index < -0.39 is 0 Å². The summed E-state index contributed by atoms with van der Waals surface area (Å²) in [6.45, 7) is 5.57. The van der Waals surface area contributed by atoms with Crippen LogP contribution in [-0.2, 0) is 4.79 Å². The minimum absolute atomic E-state index is 0.0941. The van der Waals surface area contributed by atoms with Gasteiger partial charge in [0.25, 0.3) is 5.91 Å². The van der Waals surface area contributed by atoms with Crippen LogP contribution in [0, 0.1) is 16.7 Å². The monoisotopic (exact) mass is 396 g/mol. The van der Waals surface area contributed by atoms with Gasteiger partial charge in [0.1, 0.15) is 17.9 Å². The van der Waals surface area contributed by atoms with Gasteiger partial charge in [-0.05, 0) is 44.4 Å². The number of nitrogens with zero attached hydrogens (tertiary/aromatic N) is 2. The lowest BCUT2D eigenvalue weighted by Gasteiger charge is -2.58. The molecule has 0 aromatic heterocycles. The van der Waals surface area contributed by atoms with Gasteiger partial charge < -0.3 is 9.64 Å². The molecule has 28 heavy (non-hydrogen) atoms. The lowest BCUT2D eigenvalue weighted by molar-refractivity contribution is -0.155. The Labute approximate surface area is 171 Å². The molecular formula is C23H25ClN2O2. The van der Waals surface area contributed by atoms with E-state index in [0.717, 1.165) is 37.9 Å². The number of benzene rings is 1. The maximum atomic E-state index is 12.7. The molecule has 4 nitrogen and oxygen atoms in total. The van der Waals surface area contributed by atoms with Crippen molar-refractivity contribution < 1.29 is 9.53 Å². The van der Waals surface area contributed by atoms with Crippen molar-refractivity contribution in [3.63, 3.8) is 0 Å². The molecule has 2 fully saturated rings. The fourth-order valence-electron chi connectivity index (χ4n) is 3.83. The second kappa shape index (κ2) is 8.67. The molecule has 1 aromatic rings. The highest BCUT2D eigenvalue weighted by Crippen LogP contribution is 2.50. The summed E-state index contributed by atoms with van der Waals surface area (Å²) in [4.78, 5) is 14.7. The van der Waals surface area contributed by atoms with E-state index in [9.17, 15) is 4.79 Å². The number of halogens is 1. The third kappa shape index (κ3) is 4.31. The Morgan fingerprint density at radius 1 is 1.43 bits per heavy atom. The van der Waals surface area contributed by atoms with Gasteiger partial charge in [-0.25, -0.2) is 0 Å². The molecule has 2 aliphatic rings. The van der Waals surface area contributed by atoms with E-state index in [1.54, 1.807) is 18.2 Å². The van der Waals surface area contributed by atoms with E-state index in [4.69, 9.17) is 21.6 Å². The van der Waals surface area contributed by atoms with Crippen molar-refractivity contribution in [1.29, 1.82) is 5.26 Å². The molecule has 1 spiro atoms. The molecule has 1 aliphatic carbocycles. The van der Waals surface area contributed by atoms with Crippen LogP contribution in [0.1, 0.15) is 38.7 Å². The Kier molecular flexibility index (Phi) is 6.26. The number of allylic oxidation sites excluding steroid dienone is 4. The Hall–Kier alpha value is -2.51. The number of likely N-dealkylation sites (tertiary alicyclic amines) is 1. The maximum absolute atomic E-state index is 12.7. The standard InChI is InChI=1S/C23H25ClN2O2/c1-3-5-7-17(8-6-4-2)22(27)26-15-23(16-26)12-20(13-23)28-19-10-9-18(14-25)21(24)11-19/h3,5-11,20H,4,12-13,15-16H2,1-2H3/b5-3-,8-6-,17-7+. The van der Waals surface area contributed by atoms with Crippen LogP contribution in [0.5, 0.6) is 5.75 Å². The third-order valence-electron chi connectivity index (χ3n) is 5.27. The Morgan fingerprint density at radius 2 is 2.18 bits per heavy atom. The molecule has 0 N–H and O–H groups in total. The van der Waals surface area contributed by atoms with Crippen molar-refractivity contribution in [2.45, 2.75) is 39.2 Å². The van der Waals surface area contributed by atoms with Crippen LogP contribution in [0.3, 0.4) is 0 Å². The largest absolute Gasteiger partial charge is 0.490 e. The zero-order chi connectivity index (χ0) is 20.1. The SMILES string of the molecule is C\C=C/C=C(\C=C/CC)C(=O)N1CC2(CC(Oc3ccc(C#N)c(Cl)c3)C2)C1. The average Bonchev–Trinajstić information content (AvgIpc) is 2.62. The van der Waals surface area contributed by atoms with Crippen LogP contribution in [0.25, 0.3) is 0 Å². The minimum atomic E-state index is 0.0941. The van der Waals surface area contributed by atoms with Crippen LogP contribution in [0.4, 0.5) is 0 Å². The van der Waals surface area contributed by atoms with E-state index >= 15 is 0 Å². The molecule has 146 valence electrons. The topological polar surface area (TPSA) is 53.3 Å². The van der Waals surface area contributed by atoms with Crippen LogP contribution in [0.15, 0.2) is 54.2 Å². The van der Waals surface area contributed by atoms with Crippen molar-refractivity contribution in [3.05, 3.63) is 64.7 Å². The summed E-state index contributed by atoms with van der Waals surface area (Å²) in [6, 6.07) is 7.20. The number of ether oxygens (including phenoxy) is 1. The summed E-state index contributed by atoms with van der Waals surface area (Å²) in [5.41, 5.74) is 1.37. The summed E-state index contributed by atoms with van der Waals surface area (Å²) in [5.74, 6) is 0.786. The van der Waals surface area contributed by atoms with E-state index in [-0.39, 0.29) is 17.4 Å². The van der Waals surface area contributed by atoms with Crippen molar-refractivity contribution >= 4 is 17.5 Å². The molecule has 5 heteroatoms. The molecule has 1 amide bonds. The molecule has 1 aromatic carbocycles. The van der Waals surface area contributed by atoms with Crippen molar-refractivity contribution in [2.75, 3.05) is 13.1 Å². The summed E-state index contributed by atoms with van der Waals surface area (Å²) in [5, 5.41) is 9.35. The molecule has 3 rings (SSSR count). The van der Waals surface area contributed by atoms with Crippen molar-refractivity contribution in [2.24, 2.45) is 5.41 Å². The number of rotatable bonds is 6. The van der Waals surface area contributed by atoms with Gasteiger partial charge in [-0.3, -0.25) is 4.79 Å². The van der Waals surface area contributed by atoms with Gasteiger partial charge in [0, 0.05) is 30.1 Å². The Balaban J connectivity index is 1.52. The zero-order valence-electron chi connectivity index (χ0n) is 16.3. The summed E-state index contributed by atoms with van der Waals surface area (Å²) in [7, 11) is 0. The maximum Gasteiger partial charge on any atom is 0.253 e. The summed E-state index contributed by atoms with van der Waals surface area (Å²) >= 11 is 6.06. The second-order valence-electron chi connectivity index (χ2n) is 7.52. The summed E-state index contributed by atoms with van der Waals surface area (Å²) < 4.78 is 5.98. The third-order valence-corrected chi connectivity index (χ3v) is 5.59. The highest BCUT2D eigenvalue weighted by molar-refractivity contribution is 6.31. The van der Waals surface area contributed by atoms with Gasteiger partial charge in [-0.1, -0.05) is 42.8 Å². The van der Waals surface area contributed by atoms with E-state index in [1.165, 1.54) is 0 Å². The zero-order valence-corrected chi connectivity index (χ0v) is 17.1. The molecule has 1 saturated carbocycles. The molecule has 1 heterocycles. The Morgan fingerprint density at radius 3 is 2.79 bits per heavy atom. The highest BCUT2D eigenvalue weighted by atomic mass is 35.5. The van der Waals surface area contributed by atoms with Gasteiger partial charge in [0.15, 0.2) is 0 Å². The van der Waals surface area contributed by atoms with Gasteiger partial charge in [0.05, 0.1) is 10.6 Å². The van der Waals surface area contributed by atoms with Crippen LogP contribution in [0.2, 0.25) is 5.02 Å². The average molecular weight is 397 g/mol. The smallest absolute Gasteiger partial charge is 0.253 e. The van der Waals surface area contributed by atoms with E-state index in [1.807, 2.05) is 48.3 Å². The quantitative estimate of drug-likeness (QED) is 0.499. The Bertz CT molecular complexity index is 865. The molecule has 1 aliphatic heterocycles.